The minimum atomic E-state index is -1.15. The molecule has 1 amide bonds. The maximum atomic E-state index is 11.8. The number of carbonyl (C=O) groups is 2. The Hall–Kier alpha value is -2.30. The summed E-state index contributed by atoms with van der Waals surface area (Å²) in [5.74, 6) is -0.829. The predicted molar refractivity (Wildman–Crippen MR) is 71.0 cm³/mol. The van der Waals surface area contributed by atoms with E-state index in [1.807, 2.05) is 31.2 Å². The summed E-state index contributed by atoms with van der Waals surface area (Å²) in [4.78, 5) is 23.6. The number of rotatable bonds is 5. The molecule has 1 rings (SSSR count). The van der Waals surface area contributed by atoms with Crippen molar-refractivity contribution in [3.05, 3.63) is 42.0 Å². The highest BCUT2D eigenvalue weighted by Gasteiger charge is 2.18. The first kappa shape index (κ1) is 14.8. The standard InChI is InChI=1S/C14H17NO4/c1-10(11-6-4-5-7-12(11)19-3)15(2)13(16)8-9-14(17)18/h4-10H,1-3H3,(H,17,18)/b9-8+. The Labute approximate surface area is 112 Å². The van der Waals surface area contributed by atoms with Gasteiger partial charge in [-0.15, -0.1) is 0 Å². The third-order valence-electron chi connectivity index (χ3n) is 2.89. The van der Waals surface area contributed by atoms with Crippen LogP contribution in [0, 0.1) is 0 Å². The number of carbonyl (C=O) groups excluding carboxylic acids is 1. The van der Waals surface area contributed by atoms with E-state index >= 15 is 0 Å². The molecule has 0 heterocycles. The Morgan fingerprint density at radius 3 is 2.53 bits per heavy atom. The lowest BCUT2D eigenvalue weighted by molar-refractivity contribution is -0.132. The molecule has 0 aliphatic heterocycles. The van der Waals surface area contributed by atoms with Crippen molar-refractivity contribution in [1.82, 2.24) is 4.90 Å². The van der Waals surface area contributed by atoms with E-state index in [0.717, 1.165) is 17.7 Å². The highest BCUT2D eigenvalue weighted by Crippen LogP contribution is 2.28. The van der Waals surface area contributed by atoms with Gasteiger partial charge in [0, 0.05) is 24.8 Å². The van der Waals surface area contributed by atoms with Gasteiger partial charge in [0.2, 0.25) is 5.91 Å². The zero-order chi connectivity index (χ0) is 14.4. The van der Waals surface area contributed by atoms with Crippen LogP contribution < -0.4 is 4.74 Å². The second kappa shape index (κ2) is 6.58. The van der Waals surface area contributed by atoms with Crippen molar-refractivity contribution in [2.24, 2.45) is 0 Å². The highest BCUT2D eigenvalue weighted by atomic mass is 16.5. The van der Waals surface area contributed by atoms with Crippen molar-refractivity contribution in [1.29, 1.82) is 0 Å². The highest BCUT2D eigenvalue weighted by molar-refractivity contribution is 5.94. The number of para-hydroxylation sites is 1. The van der Waals surface area contributed by atoms with E-state index in [1.54, 1.807) is 14.2 Å². The third kappa shape index (κ3) is 3.84. The molecule has 0 radical (unpaired) electrons. The molecule has 5 heteroatoms. The lowest BCUT2D eigenvalue weighted by Crippen LogP contribution is -2.28. The lowest BCUT2D eigenvalue weighted by atomic mass is 10.1. The molecule has 0 bridgehead atoms. The van der Waals surface area contributed by atoms with E-state index in [2.05, 4.69) is 0 Å². The molecule has 0 saturated carbocycles. The summed E-state index contributed by atoms with van der Waals surface area (Å²) in [7, 11) is 3.18. The van der Waals surface area contributed by atoms with Crippen LogP contribution in [-0.2, 0) is 9.59 Å². The molecule has 1 aromatic carbocycles. The fourth-order valence-electron chi connectivity index (χ4n) is 1.67. The van der Waals surface area contributed by atoms with Gasteiger partial charge >= 0.3 is 5.97 Å². The maximum Gasteiger partial charge on any atom is 0.328 e. The summed E-state index contributed by atoms with van der Waals surface area (Å²) < 4.78 is 5.24. The molecule has 0 aliphatic rings. The molecule has 1 unspecified atom stereocenters. The summed E-state index contributed by atoms with van der Waals surface area (Å²) >= 11 is 0. The Balaban J connectivity index is 2.90. The number of hydrogen-bond acceptors (Lipinski definition) is 3. The summed E-state index contributed by atoms with van der Waals surface area (Å²) in [6.45, 7) is 1.85. The van der Waals surface area contributed by atoms with Gasteiger partial charge < -0.3 is 14.7 Å². The number of likely N-dealkylation sites (N-methyl/N-ethyl adjacent to an activating group) is 1. The van der Waals surface area contributed by atoms with Gasteiger partial charge in [0.15, 0.2) is 0 Å². The molecule has 5 nitrogen and oxygen atoms in total. The first-order chi connectivity index (χ1) is 8.97. The van der Waals surface area contributed by atoms with Crippen molar-refractivity contribution in [2.75, 3.05) is 14.2 Å². The summed E-state index contributed by atoms with van der Waals surface area (Å²) in [6, 6.07) is 7.17. The molecule has 1 N–H and O–H groups in total. The Morgan fingerprint density at radius 1 is 1.32 bits per heavy atom. The molecule has 0 aromatic heterocycles. The minimum Gasteiger partial charge on any atom is -0.496 e. The monoisotopic (exact) mass is 263 g/mol. The number of aliphatic carboxylic acids is 1. The predicted octanol–water partition coefficient (Wildman–Crippen LogP) is 1.86. The van der Waals surface area contributed by atoms with Gasteiger partial charge in [0.25, 0.3) is 0 Å². The van der Waals surface area contributed by atoms with Crippen molar-refractivity contribution >= 4 is 11.9 Å². The molecule has 102 valence electrons. The molecule has 0 spiro atoms. The molecule has 0 fully saturated rings. The number of nitrogens with zero attached hydrogens (tertiary/aromatic N) is 1. The van der Waals surface area contributed by atoms with Crippen molar-refractivity contribution in [3.63, 3.8) is 0 Å². The molecular weight excluding hydrogens is 246 g/mol. The second-order valence-electron chi connectivity index (χ2n) is 4.04. The van der Waals surface area contributed by atoms with Gasteiger partial charge in [0.1, 0.15) is 5.75 Å². The van der Waals surface area contributed by atoms with Crippen LogP contribution in [-0.4, -0.2) is 36.0 Å². The van der Waals surface area contributed by atoms with Gasteiger partial charge in [0.05, 0.1) is 13.2 Å². The quantitative estimate of drug-likeness (QED) is 0.823. The van der Waals surface area contributed by atoms with Crippen LogP contribution in [0.25, 0.3) is 0 Å². The Kier molecular flexibility index (Phi) is 5.11. The van der Waals surface area contributed by atoms with Gasteiger partial charge in [-0.05, 0) is 13.0 Å². The van der Waals surface area contributed by atoms with Crippen LogP contribution in [0.15, 0.2) is 36.4 Å². The second-order valence-corrected chi connectivity index (χ2v) is 4.04. The van der Waals surface area contributed by atoms with Crippen LogP contribution in [0.1, 0.15) is 18.5 Å². The number of carboxylic acids is 1. The van der Waals surface area contributed by atoms with E-state index in [0.29, 0.717) is 5.75 Å². The van der Waals surface area contributed by atoms with E-state index in [-0.39, 0.29) is 11.9 Å². The zero-order valence-corrected chi connectivity index (χ0v) is 11.2. The van der Waals surface area contributed by atoms with Gasteiger partial charge in [-0.25, -0.2) is 4.79 Å². The smallest absolute Gasteiger partial charge is 0.328 e. The number of hydrogen-bond donors (Lipinski definition) is 1. The van der Waals surface area contributed by atoms with Crippen LogP contribution in [0.3, 0.4) is 0 Å². The SMILES string of the molecule is COc1ccccc1C(C)N(C)C(=O)/C=C/C(=O)O. The molecule has 19 heavy (non-hydrogen) atoms. The zero-order valence-electron chi connectivity index (χ0n) is 11.2. The van der Waals surface area contributed by atoms with Gasteiger partial charge in [-0.3, -0.25) is 4.79 Å². The first-order valence-corrected chi connectivity index (χ1v) is 5.78. The topological polar surface area (TPSA) is 66.8 Å². The Morgan fingerprint density at radius 2 is 1.95 bits per heavy atom. The van der Waals surface area contributed by atoms with Crippen LogP contribution in [0.2, 0.25) is 0 Å². The number of ether oxygens (including phenoxy) is 1. The average molecular weight is 263 g/mol. The normalized spacial score (nSPS) is 12.2. The minimum absolute atomic E-state index is 0.220. The molecule has 0 aliphatic carbocycles. The molecule has 1 aromatic rings. The van der Waals surface area contributed by atoms with E-state index in [1.165, 1.54) is 4.90 Å². The maximum absolute atomic E-state index is 11.8. The van der Waals surface area contributed by atoms with Gasteiger partial charge in [-0.1, -0.05) is 18.2 Å². The fourth-order valence-corrected chi connectivity index (χ4v) is 1.67. The first-order valence-electron chi connectivity index (χ1n) is 5.78. The van der Waals surface area contributed by atoms with Crippen molar-refractivity contribution in [3.8, 4) is 5.75 Å². The number of amides is 1. The van der Waals surface area contributed by atoms with Crippen molar-refractivity contribution in [2.45, 2.75) is 13.0 Å². The van der Waals surface area contributed by atoms with E-state index in [4.69, 9.17) is 9.84 Å². The summed E-state index contributed by atoms with van der Waals surface area (Å²) in [6.07, 6.45) is 1.86. The molecular formula is C14H17NO4. The summed E-state index contributed by atoms with van der Waals surface area (Å²) in [5.41, 5.74) is 0.865. The molecule has 0 saturated heterocycles. The van der Waals surface area contributed by atoms with Crippen LogP contribution >= 0.6 is 0 Å². The number of benzene rings is 1. The fraction of sp³-hybridized carbons (Fsp3) is 0.286. The van der Waals surface area contributed by atoms with Crippen LogP contribution in [0.4, 0.5) is 0 Å². The van der Waals surface area contributed by atoms with Crippen molar-refractivity contribution < 1.29 is 19.4 Å². The third-order valence-corrected chi connectivity index (χ3v) is 2.89. The van der Waals surface area contributed by atoms with Crippen LogP contribution in [0.5, 0.6) is 5.75 Å². The largest absolute Gasteiger partial charge is 0.496 e. The average Bonchev–Trinajstić information content (AvgIpc) is 2.42. The summed E-state index contributed by atoms with van der Waals surface area (Å²) in [5, 5.41) is 8.50. The number of methoxy groups -OCH3 is 1. The Bertz CT molecular complexity index is 496. The van der Waals surface area contributed by atoms with E-state index < -0.39 is 5.97 Å². The number of carboxylic acid groups (broad SMARTS) is 1. The van der Waals surface area contributed by atoms with Gasteiger partial charge in [-0.2, -0.15) is 0 Å². The lowest BCUT2D eigenvalue weighted by Gasteiger charge is -2.25. The molecule has 1 atom stereocenters. The van der Waals surface area contributed by atoms with E-state index in [9.17, 15) is 9.59 Å².